The molecule has 0 unspecified atom stereocenters. The van der Waals surface area contributed by atoms with Crippen LogP contribution >= 0.6 is 15.9 Å². The van der Waals surface area contributed by atoms with Crippen LogP contribution < -0.4 is 0 Å². The number of aliphatic hydroxyl groups is 1. The fourth-order valence-electron chi connectivity index (χ4n) is 0.392. The molecule has 0 heterocycles. The predicted octanol–water partition coefficient (Wildman–Crippen LogP) is 2.06. The number of hydrogen-bond acceptors (Lipinski definition) is 1. The Hall–Kier alpha value is 0.180. The summed E-state index contributed by atoms with van der Waals surface area (Å²) in [6.45, 7) is 2.27. The van der Waals surface area contributed by atoms with Crippen molar-refractivity contribution in [2.45, 2.75) is 19.8 Å². The van der Waals surface area contributed by atoms with E-state index >= 15 is 0 Å². The summed E-state index contributed by atoms with van der Waals surface area (Å²) in [6.07, 6.45) is 3.88. The van der Waals surface area contributed by atoms with Gasteiger partial charge in [-0.05, 0) is 24.2 Å². The maximum Gasteiger partial charge on any atom is 0.0433 e. The summed E-state index contributed by atoms with van der Waals surface area (Å²) in [5, 5.41) is 8.33. The average Bonchev–Trinajstić information content (AvgIpc) is 1.66. The zero-order valence-electron chi connectivity index (χ0n) is 5.02. The molecule has 0 amide bonds. The van der Waals surface area contributed by atoms with Crippen molar-refractivity contribution in [2.24, 2.45) is 0 Å². The van der Waals surface area contributed by atoms with Crippen molar-refractivity contribution in [2.75, 3.05) is 6.61 Å². The third-order valence-corrected chi connectivity index (χ3v) is 1.11. The molecule has 1 N–H and O–H groups in total. The third-order valence-electron chi connectivity index (χ3n) is 0.788. The van der Waals surface area contributed by atoms with Gasteiger partial charge in [-0.1, -0.05) is 22.0 Å². The minimum atomic E-state index is 0.288. The van der Waals surface area contributed by atoms with E-state index in [9.17, 15) is 0 Å². The van der Waals surface area contributed by atoms with Crippen LogP contribution in [0, 0.1) is 0 Å². The van der Waals surface area contributed by atoms with E-state index in [-0.39, 0.29) is 6.61 Å². The van der Waals surface area contributed by atoms with E-state index < -0.39 is 0 Å². The van der Waals surface area contributed by atoms with Gasteiger partial charge in [-0.2, -0.15) is 0 Å². The normalized spacial score (nSPS) is 12.1. The molecule has 0 atom stereocenters. The minimum absolute atomic E-state index is 0.288. The second-order valence-electron chi connectivity index (χ2n) is 1.66. The van der Waals surface area contributed by atoms with E-state index in [4.69, 9.17) is 5.11 Å². The number of allylic oxidation sites excluding steroid dienone is 2. The molecule has 0 radical (unpaired) electrons. The lowest BCUT2D eigenvalue weighted by atomic mass is 10.3. The predicted molar refractivity (Wildman–Crippen MR) is 39.0 cm³/mol. The molecule has 0 fully saturated rings. The summed E-state index contributed by atoms with van der Waals surface area (Å²) in [6, 6.07) is 0. The van der Waals surface area contributed by atoms with E-state index in [1.165, 1.54) is 0 Å². The zero-order valence-corrected chi connectivity index (χ0v) is 6.61. The van der Waals surface area contributed by atoms with Crippen LogP contribution in [0.4, 0.5) is 0 Å². The van der Waals surface area contributed by atoms with Gasteiger partial charge < -0.3 is 5.11 Å². The van der Waals surface area contributed by atoms with Gasteiger partial charge in [0.15, 0.2) is 0 Å². The zero-order chi connectivity index (χ0) is 6.41. The smallest absolute Gasteiger partial charge is 0.0433 e. The van der Waals surface area contributed by atoms with Gasteiger partial charge in [0.1, 0.15) is 0 Å². The van der Waals surface area contributed by atoms with Crippen LogP contribution in [0.15, 0.2) is 10.6 Å². The summed E-state index contributed by atoms with van der Waals surface area (Å²) in [4.78, 5) is 0. The summed E-state index contributed by atoms with van der Waals surface area (Å²) in [7, 11) is 0. The molecule has 0 rings (SSSR count). The lowest BCUT2D eigenvalue weighted by Gasteiger charge is -1.87. The largest absolute Gasteiger partial charge is 0.396 e. The van der Waals surface area contributed by atoms with Crippen LogP contribution in [-0.2, 0) is 0 Å². The van der Waals surface area contributed by atoms with Crippen LogP contribution in [-0.4, -0.2) is 11.7 Å². The molecule has 0 aromatic carbocycles. The van der Waals surface area contributed by atoms with Gasteiger partial charge >= 0.3 is 0 Å². The van der Waals surface area contributed by atoms with Crippen LogP contribution in [0.2, 0.25) is 0 Å². The Bertz CT molecular complexity index is 74.6. The van der Waals surface area contributed by atoms with Gasteiger partial charge in [0.25, 0.3) is 0 Å². The van der Waals surface area contributed by atoms with Crippen molar-refractivity contribution in [1.29, 1.82) is 0 Å². The highest BCUT2D eigenvalue weighted by Gasteiger charge is 1.79. The molecule has 0 bridgehead atoms. The van der Waals surface area contributed by atoms with E-state index in [0.717, 1.165) is 17.3 Å². The number of unbranched alkanes of at least 4 members (excludes halogenated alkanes) is 1. The second kappa shape index (κ2) is 5.32. The summed E-state index contributed by atoms with van der Waals surface area (Å²) < 4.78 is 1.14. The van der Waals surface area contributed by atoms with Crippen LogP contribution in [0.5, 0.6) is 0 Å². The Morgan fingerprint density at radius 3 is 2.75 bits per heavy atom. The summed E-state index contributed by atoms with van der Waals surface area (Å²) >= 11 is 3.28. The van der Waals surface area contributed by atoms with Crippen molar-refractivity contribution in [3.05, 3.63) is 10.6 Å². The molecule has 0 spiro atoms. The molecule has 0 aromatic heterocycles. The molecule has 0 aliphatic heterocycles. The van der Waals surface area contributed by atoms with Gasteiger partial charge in [0.2, 0.25) is 0 Å². The maximum atomic E-state index is 8.33. The Morgan fingerprint density at radius 1 is 1.75 bits per heavy atom. The number of rotatable bonds is 3. The highest BCUT2D eigenvalue weighted by atomic mass is 79.9. The first kappa shape index (κ1) is 8.18. The molecule has 0 aliphatic carbocycles. The topological polar surface area (TPSA) is 20.2 Å². The van der Waals surface area contributed by atoms with Crippen molar-refractivity contribution >= 4 is 15.9 Å². The van der Waals surface area contributed by atoms with Gasteiger partial charge in [-0.15, -0.1) is 0 Å². The molecule has 0 saturated heterocycles. The van der Waals surface area contributed by atoms with E-state index in [1.54, 1.807) is 0 Å². The molecule has 2 heteroatoms. The standard InChI is InChI=1S/C6H11BrO/c1-6(7)4-2-3-5-8/h4,8H,2-3,5H2,1H3/b6-4-. The highest BCUT2D eigenvalue weighted by molar-refractivity contribution is 9.11. The minimum Gasteiger partial charge on any atom is -0.396 e. The van der Waals surface area contributed by atoms with E-state index in [2.05, 4.69) is 22.0 Å². The SMILES string of the molecule is C/C(Br)=C/CCCO. The quantitative estimate of drug-likeness (QED) is 0.657. The van der Waals surface area contributed by atoms with Crippen LogP contribution in [0.25, 0.3) is 0 Å². The molecular formula is C6H11BrO. The molecule has 8 heavy (non-hydrogen) atoms. The van der Waals surface area contributed by atoms with Gasteiger partial charge in [-0.3, -0.25) is 0 Å². The number of halogens is 1. The Labute approximate surface area is 58.5 Å². The molecular weight excluding hydrogens is 168 g/mol. The lowest BCUT2D eigenvalue weighted by Crippen LogP contribution is -1.78. The summed E-state index contributed by atoms with van der Waals surface area (Å²) in [5.41, 5.74) is 0. The van der Waals surface area contributed by atoms with Gasteiger partial charge in [-0.25, -0.2) is 0 Å². The third kappa shape index (κ3) is 6.18. The molecule has 0 aromatic rings. The van der Waals surface area contributed by atoms with E-state index in [0.29, 0.717) is 0 Å². The lowest BCUT2D eigenvalue weighted by molar-refractivity contribution is 0.289. The molecule has 0 aliphatic rings. The average molecular weight is 179 g/mol. The molecule has 0 saturated carbocycles. The first-order chi connectivity index (χ1) is 3.77. The Morgan fingerprint density at radius 2 is 2.38 bits per heavy atom. The van der Waals surface area contributed by atoms with Crippen molar-refractivity contribution in [3.63, 3.8) is 0 Å². The van der Waals surface area contributed by atoms with Gasteiger partial charge in [0, 0.05) is 6.61 Å². The number of aliphatic hydroxyl groups excluding tert-OH is 1. The first-order valence-corrected chi connectivity index (χ1v) is 3.50. The maximum absolute atomic E-state index is 8.33. The monoisotopic (exact) mass is 178 g/mol. The molecule has 1 nitrogen and oxygen atoms in total. The van der Waals surface area contributed by atoms with Crippen LogP contribution in [0.3, 0.4) is 0 Å². The highest BCUT2D eigenvalue weighted by Crippen LogP contribution is 2.03. The number of hydrogen-bond donors (Lipinski definition) is 1. The first-order valence-electron chi connectivity index (χ1n) is 2.70. The Balaban J connectivity index is 3.03. The fourth-order valence-corrected chi connectivity index (χ4v) is 0.621. The summed E-state index contributed by atoms with van der Waals surface area (Å²) in [5.74, 6) is 0. The Kier molecular flexibility index (Phi) is 5.44. The van der Waals surface area contributed by atoms with Crippen LogP contribution in [0.1, 0.15) is 19.8 Å². The van der Waals surface area contributed by atoms with Crippen molar-refractivity contribution in [3.8, 4) is 0 Å². The van der Waals surface area contributed by atoms with Crippen molar-refractivity contribution < 1.29 is 5.11 Å². The van der Waals surface area contributed by atoms with E-state index in [1.807, 2.05) is 6.92 Å². The van der Waals surface area contributed by atoms with Crippen molar-refractivity contribution in [1.82, 2.24) is 0 Å². The molecule has 48 valence electrons. The fraction of sp³-hybridized carbons (Fsp3) is 0.667. The van der Waals surface area contributed by atoms with Gasteiger partial charge in [0.05, 0.1) is 0 Å². The second-order valence-corrected chi connectivity index (χ2v) is 2.91.